The predicted octanol–water partition coefficient (Wildman–Crippen LogP) is 3.55. The molecule has 5 heteroatoms. The number of rotatable bonds is 0. The highest BCUT2D eigenvalue weighted by Crippen LogP contribution is 2.30. The Hall–Kier alpha value is -1.37. The Labute approximate surface area is 94.9 Å². The van der Waals surface area contributed by atoms with Gasteiger partial charge in [0.25, 0.3) is 0 Å². The Morgan fingerprint density at radius 1 is 1.27 bits per heavy atom. The van der Waals surface area contributed by atoms with Gasteiger partial charge in [0.1, 0.15) is 16.9 Å². The highest BCUT2D eigenvalue weighted by molar-refractivity contribution is 6.39. The quantitative estimate of drug-likeness (QED) is 0.707. The van der Waals surface area contributed by atoms with E-state index in [9.17, 15) is 4.39 Å². The summed E-state index contributed by atoms with van der Waals surface area (Å²) in [6.07, 6.45) is 1.27. The van der Waals surface area contributed by atoms with E-state index >= 15 is 0 Å². The van der Waals surface area contributed by atoms with Crippen molar-refractivity contribution in [2.45, 2.75) is 0 Å². The molecular formula is C10H3Cl2FN2. The van der Waals surface area contributed by atoms with Gasteiger partial charge in [0.05, 0.1) is 16.1 Å². The van der Waals surface area contributed by atoms with Gasteiger partial charge in [-0.2, -0.15) is 5.26 Å². The first kappa shape index (κ1) is 10.2. The van der Waals surface area contributed by atoms with E-state index in [1.165, 1.54) is 18.3 Å². The maximum absolute atomic E-state index is 13.1. The average Bonchev–Trinajstić information content (AvgIpc) is 2.24. The van der Waals surface area contributed by atoms with Crippen LogP contribution in [0.4, 0.5) is 4.39 Å². The molecule has 2 rings (SSSR count). The second-order valence-corrected chi connectivity index (χ2v) is 3.61. The summed E-state index contributed by atoms with van der Waals surface area (Å²) in [5.74, 6) is -0.558. The van der Waals surface area contributed by atoms with Gasteiger partial charge in [-0.3, -0.25) is 4.98 Å². The predicted molar refractivity (Wildman–Crippen MR) is 56.4 cm³/mol. The van der Waals surface area contributed by atoms with Gasteiger partial charge in [0.2, 0.25) is 0 Å². The van der Waals surface area contributed by atoms with Crippen molar-refractivity contribution in [3.63, 3.8) is 0 Å². The first-order valence-corrected chi connectivity index (χ1v) is 4.73. The monoisotopic (exact) mass is 240 g/mol. The largest absolute Gasteiger partial charge is 0.253 e. The zero-order chi connectivity index (χ0) is 11.0. The minimum atomic E-state index is -0.558. The van der Waals surface area contributed by atoms with Crippen LogP contribution in [0.5, 0.6) is 0 Å². The fourth-order valence-corrected chi connectivity index (χ4v) is 1.71. The maximum Gasteiger partial charge on any atom is 0.144 e. The molecule has 0 aliphatic carbocycles. The Kier molecular flexibility index (Phi) is 2.47. The van der Waals surface area contributed by atoms with E-state index in [2.05, 4.69) is 4.98 Å². The van der Waals surface area contributed by atoms with Crippen molar-refractivity contribution in [2.24, 2.45) is 0 Å². The van der Waals surface area contributed by atoms with Crippen molar-refractivity contribution in [3.05, 3.63) is 39.8 Å². The van der Waals surface area contributed by atoms with E-state index in [0.29, 0.717) is 5.39 Å². The van der Waals surface area contributed by atoms with Gasteiger partial charge >= 0.3 is 0 Å². The fraction of sp³-hybridized carbons (Fsp3) is 0. The second kappa shape index (κ2) is 3.65. The van der Waals surface area contributed by atoms with Crippen LogP contribution in [0.25, 0.3) is 10.9 Å². The molecule has 0 bridgehead atoms. The van der Waals surface area contributed by atoms with Crippen molar-refractivity contribution < 1.29 is 4.39 Å². The van der Waals surface area contributed by atoms with Gasteiger partial charge in [-0.1, -0.05) is 23.2 Å². The lowest BCUT2D eigenvalue weighted by molar-refractivity contribution is 0.630. The average molecular weight is 241 g/mol. The van der Waals surface area contributed by atoms with E-state index in [-0.39, 0.29) is 21.1 Å². The second-order valence-electron chi connectivity index (χ2n) is 2.86. The van der Waals surface area contributed by atoms with Crippen LogP contribution >= 0.6 is 23.2 Å². The number of hydrogen-bond acceptors (Lipinski definition) is 2. The molecule has 0 radical (unpaired) electrons. The van der Waals surface area contributed by atoms with Crippen molar-refractivity contribution in [1.82, 2.24) is 4.98 Å². The van der Waals surface area contributed by atoms with Gasteiger partial charge < -0.3 is 0 Å². The first-order valence-electron chi connectivity index (χ1n) is 3.97. The Morgan fingerprint density at radius 3 is 2.67 bits per heavy atom. The number of aromatic nitrogens is 1. The highest BCUT2D eigenvalue weighted by Gasteiger charge is 2.11. The molecule has 0 amide bonds. The lowest BCUT2D eigenvalue weighted by Crippen LogP contribution is -1.88. The van der Waals surface area contributed by atoms with E-state index in [1.54, 1.807) is 0 Å². The molecule has 74 valence electrons. The van der Waals surface area contributed by atoms with Gasteiger partial charge in [-0.05, 0) is 12.1 Å². The van der Waals surface area contributed by atoms with E-state index in [0.717, 1.165) is 0 Å². The summed E-state index contributed by atoms with van der Waals surface area (Å²) in [6.45, 7) is 0. The van der Waals surface area contributed by atoms with Crippen LogP contribution < -0.4 is 0 Å². The summed E-state index contributed by atoms with van der Waals surface area (Å²) < 4.78 is 13.1. The number of nitrogens with zero attached hydrogens (tertiary/aromatic N) is 2. The number of fused-ring (bicyclic) bond motifs is 1. The molecule has 15 heavy (non-hydrogen) atoms. The van der Waals surface area contributed by atoms with E-state index in [4.69, 9.17) is 28.5 Å². The Bertz CT molecular complexity index is 590. The van der Waals surface area contributed by atoms with Crippen molar-refractivity contribution in [1.29, 1.82) is 5.26 Å². The molecular weight excluding hydrogens is 238 g/mol. The molecule has 2 nitrogen and oxygen atoms in total. The number of halogens is 3. The van der Waals surface area contributed by atoms with E-state index < -0.39 is 5.82 Å². The summed E-state index contributed by atoms with van der Waals surface area (Å²) in [5, 5.41) is 9.35. The molecule has 0 atom stereocenters. The fourth-order valence-electron chi connectivity index (χ4n) is 1.25. The molecule has 0 saturated carbocycles. The number of pyridine rings is 1. The summed E-state index contributed by atoms with van der Waals surface area (Å²) in [5.41, 5.74) is 0.507. The lowest BCUT2D eigenvalue weighted by atomic mass is 10.1. The summed E-state index contributed by atoms with van der Waals surface area (Å²) in [6, 6.07) is 4.54. The van der Waals surface area contributed by atoms with E-state index in [1.807, 2.05) is 6.07 Å². The van der Waals surface area contributed by atoms with Gasteiger partial charge in [0, 0.05) is 11.6 Å². The molecule has 1 aromatic heterocycles. The molecule has 0 unspecified atom stereocenters. The van der Waals surface area contributed by atoms with Crippen LogP contribution in [-0.2, 0) is 0 Å². The molecule has 0 aliphatic heterocycles. The summed E-state index contributed by atoms with van der Waals surface area (Å²) >= 11 is 11.6. The lowest BCUT2D eigenvalue weighted by Gasteiger charge is -2.03. The van der Waals surface area contributed by atoms with Crippen LogP contribution in [0.1, 0.15) is 5.56 Å². The Balaban J connectivity index is 2.93. The Morgan fingerprint density at radius 2 is 2.00 bits per heavy atom. The molecule has 0 saturated heterocycles. The van der Waals surface area contributed by atoms with Crippen LogP contribution in [0.3, 0.4) is 0 Å². The topological polar surface area (TPSA) is 36.7 Å². The van der Waals surface area contributed by atoms with Gasteiger partial charge in [-0.15, -0.1) is 0 Å². The zero-order valence-electron chi connectivity index (χ0n) is 7.26. The summed E-state index contributed by atoms with van der Waals surface area (Å²) in [7, 11) is 0. The standard InChI is InChI=1S/C10H3Cl2FN2/c11-8-5(3-14)4-15-10-6(8)1-2-7(13)9(10)12/h1-2,4H. The molecule has 1 heterocycles. The third kappa shape index (κ3) is 1.52. The first-order chi connectivity index (χ1) is 7.15. The minimum absolute atomic E-state index is 0.0844. The van der Waals surface area contributed by atoms with Crippen LogP contribution in [0.15, 0.2) is 18.3 Å². The smallest absolute Gasteiger partial charge is 0.144 e. The normalized spacial score (nSPS) is 10.3. The molecule has 0 fully saturated rings. The SMILES string of the molecule is N#Cc1cnc2c(Cl)c(F)ccc2c1Cl. The molecule has 0 aliphatic rings. The third-order valence-electron chi connectivity index (χ3n) is 1.99. The molecule has 0 spiro atoms. The van der Waals surface area contributed by atoms with Crippen LogP contribution in [-0.4, -0.2) is 4.98 Å². The number of nitriles is 1. The number of benzene rings is 1. The molecule has 2 aromatic rings. The van der Waals surface area contributed by atoms with Crippen molar-refractivity contribution >= 4 is 34.1 Å². The summed E-state index contributed by atoms with van der Waals surface area (Å²) in [4.78, 5) is 3.89. The van der Waals surface area contributed by atoms with Crippen molar-refractivity contribution in [2.75, 3.05) is 0 Å². The number of hydrogen-bond donors (Lipinski definition) is 0. The van der Waals surface area contributed by atoms with Crippen LogP contribution in [0, 0.1) is 17.1 Å². The maximum atomic E-state index is 13.1. The molecule has 1 aromatic carbocycles. The third-order valence-corrected chi connectivity index (χ3v) is 2.75. The van der Waals surface area contributed by atoms with Crippen LogP contribution in [0.2, 0.25) is 10.0 Å². The van der Waals surface area contributed by atoms with Gasteiger partial charge in [-0.25, -0.2) is 4.39 Å². The highest BCUT2D eigenvalue weighted by atomic mass is 35.5. The van der Waals surface area contributed by atoms with Crippen molar-refractivity contribution in [3.8, 4) is 6.07 Å². The minimum Gasteiger partial charge on any atom is -0.253 e. The zero-order valence-corrected chi connectivity index (χ0v) is 8.77. The molecule has 0 N–H and O–H groups in total. The van der Waals surface area contributed by atoms with Gasteiger partial charge in [0.15, 0.2) is 0 Å².